The molecule has 0 aromatic rings. The summed E-state index contributed by atoms with van der Waals surface area (Å²) in [5.74, 6) is -0.689. The smallest absolute Gasteiger partial charge is 0.303 e. The summed E-state index contributed by atoms with van der Waals surface area (Å²) < 4.78 is 0. The van der Waals surface area contributed by atoms with Gasteiger partial charge in [-0.1, -0.05) is 64.0 Å². The van der Waals surface area contributed by atoms with E-state index in [4.69, 9.17) is 15.3 Å². The first-order valence-electron chi connectivity index (χ1n) is 9.85. The minimum Gasteiger partial charge on any atom is -0.481 e. The number of unbranched alkanes of at least 4 members (excludes halogenated alkanes) is 8. The Morgan fingerprint density at radius 1 is 0.880 bits per heavy atom. The molecule has 0 aromatic heterocycles. The Kier molecular flexibility index (Phi) is 24.3. The van der Waals surface area contributed by atoms with Crippen molar-refractivity contribution >= 4 is 5.97 Å². The zero-order chi connectivity index (χ0) is 19.2. The first kappa shape index (κ1) is 26.3. The Bertz CT molecular complexity index is 290. The number of hydrogen-bond acceptors (Lipinski definition) is 4. The highest BCUT2D eigenvalue weighted by Gasteiger charge is 2.00. The number of aliphatic hydroxyl groups is 3. The third kappa shape index (κ3) is 28.2. The fourth-order valence-corrected chi connectivity index (χ4v) is 2.36. The van der Waals surface area contributed by atoms with Crippen LogP contribution in [-0.4, -0.2) is 45.7 Å². The number of rotatable bonds is 16. The lowest BCUT2D eigenvalue weighted by Gasteiger charge is -2.07. The molecule has 0 aromatic carbocycles. The molecule has 0 aliphatic carbocycles. The van der Waals surface area contributed by atoms with E-state index in [0.717, 1.165) is 51.4 Å². The molecular formula is C20H40O5. The van der Waals surface area contributed by atoms with E-state index >= 15 is 0 Å². The average Bonchev–Trinajstić information content (AvgIpc) is 2.60. The Hall–Kier alpha value is -0.910. The summed E-state index contributed by atoms with van der Waals surface area (Å²) in [5, 5.41) is 33.6. The lowest BCUT2D eigenvalue weighted by molar-refractivity contribution is -0.137. The summed E-state index contributed by atoms with van der Waals surface area (Å²) >= 11 is 0. The molecule has 0 saturated carbocycles. The standard InChI is InChI=1S/C18H34O3.C2H6O2/c1-2-3-4-11-14-17(19)15-12-9-7-5-6-8-10-13-16-18(20)21;3-1-2-4/h9,12,17,19H,2-8,10-11,13-16H2,1H3,(H,20,21);3-4H,1-2H2/b12-9-;. The molecule has 0 saturated heterocycles. The van der Waals surface area contributed by atoms with Crippen molar-refractivity contribution in [3.05, 3.63) is 12.2 Å². The number of aliphatic hydroxyl groups excluding tert-OH is 3. The molecule has 0 radical (unpaired) electrons. The van der Waals surface area contributed by atoms with Crippen LogP contribution in [0.3, 0.4) is 0 Å². The Balaban J connectivity index is 0. The monoisotopic (exact) mass is 360 g/mol. The normalized spacial score (nSPS) is 12.0. The molecule has 25 heavy (non-hydrogen) atoms. The van der Waals surface area contributed by atoms with E-state index in [1.807, 2.05) is 0 Å². The third-order valence-corrected chi connectivity index (χ3v) is 3.83. The lowest BCUT2D eigenvalue weighted by atomic mass is 10.1. The highest BCUT2D eigenvalue weighted by Crippen LogP contribution is 2.10. The maximum absolute atomic E-state index is 10.3. The number of carbonyl (C=O) groups is 1. The van der Waals surface area contributed by atoms with E-state index in [2.05, 4.69) is 19.1 Å². The molecule has 150 valence electrons. The van der Waals surface area contributed by atoms with Crippen LogP contribution >= 0.6 is 0 Å². The van der Waals surface area contributed by atoms with Gasteiger partial charge in [-0.15, -0.1) is 0 Å². The fourth-order valence-electron chi connectivity index (χ4n) is 2.36. The first-order chi connectivity index (χ1) is 12.1. The maximum atomic E-state index is 10.3. The SMILES string of the molecule is CCCCCCC(O)C/C=C\CCCCCCCC(=O)O.OCCO. The van der Waals surface area contributed by atoms with Crippen molar-refractivity contribution in [2.45, 2.75) is 96.5 Å². The summed E-state index contributed by atoms with van der Waals surface area (Å²) in [5.41, 5.74) is 0. The van der Waals surface area contributed by atoms with Crippen LogP contribution in [0.2, 0.25) is 0 Å². The van der Waals surface area contributed by atoms with E-state index in [1.54, 1.807) is 0 Å². The van der Waals surface area contributed by atoms with E-state index in [9.17, 15) is 9.90 Å². The van der Waals surface area contributed by atoms with Crippen LogP contribution in [-0.2, 0) is 4.79 Å². The molecule has 4 N–H and O–H groups in total. The topological polar surface area (TPSA) is 98.0 Å². The molecule has 0 amide bonds. The van der Waals surface area contributed by atoms with Gasteiger partial charge in [0.1, 0.15) is 0 Å². The van der Waals surface area contributed by atoms with Gasteiger partial charge in [-0.3, -0.25) is 4.79 Å². The van der Waals surface area contributed by atoms with Crippen molar-refractivity contribution < 1.29 is 25.2 Å². The molecule has 0 fully saturated rings. The second-order valence-electron chi connectivity index (χ2n) is 6.36. The molecule has 0 rings (SSSR count). The van der Waals surface area contributed by atoms with Crippen molar-refractivity contribution in [1.29, 1.82) is 0 Å². The zero-order valence-electron chi connectivity index (χ0n) is 16.0. The summed E-state index contributed by atoms with van der Waals surface area (Å²) in [6.45, 7) is 1.95. The molecule has 0 aliphatic rings. The van der Waals surface area contributed by atoms with Crippen molar-refractivity contribution in [1.82, 2.24) is 0 Å². The van der Waals surface area contributed by atoms with E-state index in [-0.39, 0.29) is 19.3 Å². The molecule has 0 bridgehead atoms. The van der Waals surface area contributed by atoms with Crippen LogP contribution in [0, 0.1) is 0 Å². The van der Waals surface area contributed by atoms with Gasteiger partial charge in [0, 0.05) is 6.42 Å². The quantitative estimate of drug-likeness (QED) is 0.246. The predicted molar refractivity (Wildman–Crippen MR) is 103 cm³/mol. The van der Waals surface area contributed by atoms with Crippen molar-refractivity contribution in [2.24, 2.45) is 0 Å². The van der Waals surface area contributed by atoms with Gasteiger partial charge in [-0.2, -0.15) is 0 Å². The Morgan fingerprint density at radius 3 is 2.08 bits per heavy atom. The Morgan fingerprint density at radius 2 is 1.48 bits per heavy atom. The minimum absolute atomic E-state index is 0.125. The summed E-state index contributed by atoms with van der Waals surface area (Å²) in [7, 11) is 0. The second kappa shape index (κ2) is 23.1. The van der Waals surface area contributed by atoms with Crippen LogP contribution < -0.4 is 0 Å². The van der Waals surface area contributed by atoms with Gasteiger partial charge in [0.15, 0.2) is 0 Å². The average molecular weight is 361 g/mol. The van der Waals surface area contributed by atoms with Gasteiger partial charge in [0.2, 0.25) is 0 Å². The van der Waals surface area contributed by atoms with E-state index in [0.29, 0.717) is 6.42 Å². The molecule has 0 aliphatic heterocycles. The first-order valence-corrected chi connectivity index (χ1v) is 9.85. The number of carboxylic acids is 1. The molecule has 1 unspecified atom stereocenters. The molecule has 0 heterocycles. The van der Waals surface area contributed by atoms with Crippen LogP contribution in [0.4, 0.5) is 0 Å². The highest BCUT2D eigenvalue weighted by atomic mass is 16.4. The summed E-state index contributed by atoms with van der Waals surface area (Å²) in [6, 6.07) is 0. The minimum atomic E-state index is -0.689. The predicted octanol–water partition coefficient (Wildman–Crippen LogP) is 4.05. The molecule has 1 atom stereocenters. The second-order valence-corrected chi connectivity index (χ2v) is 6.36. The summed E-state index contributed by atoms with van der Waals surface area (Å²) in [4.78, 5) is 10.3. The van der Waals surface area contributed by atoms with Crippen LogP contribution in [0.25, 0.3) is 0 Å². The van der Waals surface area contributed by atoms with Crippen molar-refractivity contribution in [3.8, 4) is 0 Å². The van der Waals surface area contributed by atoms with Gasteiger partial charge >= 0.3 is 5.97 Å². The van der Waals surface area contributed by atoms with Crippen LogP contribution in [0.1, 0.15) is 90.4 Å². The zero-order valence-corrected chi connectivity index (χ0v) is 16.0. The Labute approximate surface area is 153 Å². The number of allylic oxidation sites excluding steroid dienone is 1. The number of hydrogen-bond donors (Lipinski definition) is 4. The van der Waals surface area contributed by atoms with Gasteiger partial charge in [0.05, 0.1) is 19.3 Å². The van der Waals surface area contributed by atoms with Gasteiger partial charge < -0.3 is 20.4 Å². The van der Waals surface area contributed by atoms with E-state index < -0.39 is 5.97 Å². The van der Waals surface area contributed by atoms with E-state index in [1.165, 1.54) is 25.7 Å². The van der Waals surface area contributed by atoms with Crippen LogP contribution in [0.5, 0.6) is 0 Å². The number of aliphatic carboxylic acids is 1. The van der Waals surface area contributed by atoms with Gasteiger partial charge in [0.25, 0.3) is 0 Å². The van der Waals surface area contributed by atoms with Crippen LogP contribution in [0.15, 0.2) is 12.2 Å². The van der Waals surface area contributed by atoms with Gasteiger partial charge in [-0.25, -0.2) is 0 Å². The molecule has 0 spiro atoms. The summed E-state index contributed by atoms with van der Waals surface area (Å²) in [6.07, 6.45) is 17.4. The van der Waals surface area contributed by atoms with Crippen molar-refractivity contribution in [3.63, 3.8) is 0 Å². The largest absolute Gasteiger partial charge is 0.481 e. The highest BCUT2D eigenvalue weighted by molar-refractivity contribution is 5.66. The third-order valence-electron chi connectivity index (χ3n) is 3.83. The number of carboxylic acid groups (broad SMARTS) is 1. The lowest BCUT2D eigenvalue weighted by Crippen LogP contribution is -2.04. The molecular weight excluding hydrogens is 320 g/mol. The molecule has 5 heteroatoms. The fraction of sp³-hybridized carbons (Fsp3) is 0.850. The van der Waals surface area contributed by atoms with Gasteiger partial charge in [-0.05, 0) is 32.1 Å². The van der Waals surface area contributed by atoms with Crippen molar-refractivity contribution in [2.75, 3.05) is 13.2 Å². The molecule has 5 nitrogen and oxygen atoms in total. The maximum Gasteiger partial charge on any atom is 0.303 e.